The lowest BCUT2D eigenvalue weighted by Gasteiger charge is -2.05. The van der Waals surface area contributed by atoms with E-state index in [2.05, 4.69) is 14.7 Å². The molecule has 1 aromatic heterocycles. The summed E-state index contributed by atoms with van der Waals surface area (Å²) < 4.78 is 28.2. The number of aromatic carboxylic acids is 1. The molecule has 0 bridgehead atoms. The second-order valence-electron chi connectivity index (χ2n) is 3.69. The number of aromatic nitrogens is 2. The lowest BCUT2D eigenvalue weighted by Crippen LogP contribution is -2.13. The highest BCUT2D eigenvalue weighted by Gasteiger charge is 2.10. The smallest absolute Gasteiger partial charge is 0.387 e. The number of hydrogen-bond acceptors (Lipinski definition) is 4. The predicted octanol–water partition coefficient (Wildman–Crippen LogP) is 1.74. The van der Waals surface area contributed by atoms with Crippen LogP contribution in [0.25, 0.3) is 11.4 Å². The first-order chi connectivity index (χ1) is 9.45. The van der Waals surface area contributed by atoms with Crippen LogP contribution in [-0.2, 0) is 0 Å². The number of nitrogens with one attached hydrogen (secondary N) is 1. The molecule has 104 valence electrons. The molecule has 1 aromatic carbocycles. The molecule has 20 heavy (non-hydrogen) atoms. The van der Waals surface area contributed by atoms with E-state index in [1.165, 1.54) is 24.3 Å². The molecule has 0 saturated carbocycles. The highest BCUT2D eigenvalue weighted by molar-refractivity contribution is 5.85. The average molecular weight is 282 g/mol. The van der Waals surface area contributed by atoms with E-state index in [4.69, 9.17) is 5.11 Å². The van der Waals surface area contributed by atoms with Gasteiger partial charge in [0.1, 0.15) is 11.6 Å². The van der Waals surface area contributed by atoms with Gasteiger partial charge in [0.25, 0.3) is 5.56 Å². The number of halogens is 2. The zero-order valence-electron chi connectivity index (χ0n) is 9.84. The van der Waals surface area contributed by atoms with E-state index in [-0.39, 0.29) is 11.6 Å². The van der Waals surface area contributed by atoms with Gasteiger partial charge in [0.05, 0.1) is 0 Å². The maximum Gasteiger partial charge on any atom is 0.387 e. The van der Waals surface area contributed by atoms with Gasteiger partial charge in [-0.15, -0.1) is 0 Å². The first kappa shape index (κ1) is 13.7. The number of H-pyrrole nitrogens is 1. The number of nitrogens with zero attached hydrogens (tertiary/aromatic N) is 1. The van der Waals surface area contributed by atoms with Gasteiger partial charge in [-0.2, -0.15) is 8.78 Å². The second-order valence-corrected chi connectivity index (χ2v) is 3.69. The van der Waals surface area contributed by atoms with Gasteiger partial charge in [-0.1, -0.05) is 0 Å². The van der Waals surface area contributed by atoms with Crippen molar-refractivity contribution < 1.29 is 23.4 Å². The largest absolute Gasteiger partial charge is 0.477 e. The van der Waals surface area contributed by atoms with Gasteiger partial charge in [-0.05, 0) is 24.3 Å². The molecule has 0 spiro atoms. The van der Waals surface area contributed by atoms with Crippen LogP contribution in [0.2, 0.25) is 0 Å². The highest BCUT2D eigenvalue weighted by atomic mass is 19.3. The standard InChI is InChI=1S/C12H8F2N2O4/c13-12(14)20-7-3-1-6(2-4-7)10-15-8(11(18)19)5-9(17)16-10/h1-5,12H,(H,18,19)(H,15,16,17). The summed E-state index contributed by atoms with van der Waals surface area (Å²) in [6.45, 7) is -2.94. The van der Waals surface area contributed by atoms with Crippen LogP contribution in [0.3, 0.4) is 0 Å². The summed E-state index contributed by atoms with van der Waals surface area (Å²) in [6, 6.07) is 6.12. The molecule has 0 aliphatic heterocycles. The molecular formula is C12H8F2N2O4. The summed E-state index contributed by atoms with van der Waals surface area (Å²) >= 11 is 0. The first-order valence-corrected chi connectivity index (χ1v) is 5.35. The number of rotatable bonds is 4. The molecule has 8 heteroatoms. The van der Waals surface area contributed by atoms with Crippen LogP contribution in [0.5, 0.6) is 5.75 Å². The van der Waals surface area contributed by atoms with Gasteiger partial charge in [0.15, 0.2) is 5.69 Å². The van der Waals surface area contributed by atoms with Crippen molar-refractivity contribution >= 4 is 5.97 Å². The normalized spacial score (nSPS) is 10.6. The number of ether oxygens (including phenoxy) is 1. The Bertz CT molecular complexity index is 683. The van der Waals surface area contributed by atoms with Gasteiger partial charge < -0.3 is 14.8 Å². The summed E-state index contributed by atoms with van der Waals surface area (Å²) in [7, 11) is 0. The van der Waals surface area contributed by atoms with E-state index in [0.717, 1.165) is 6.07 Å². The predicted molar refractivity (Wildman–Crippen MR) is 63.9 cm³/mol. The average Bonchev–Trinajstić information content (AvgIpc) is 2.38. The van der Waals surface area contributed by atoms with Gasteiger partial charge in [0.2, 0.25) is 0 Å². The Labute approximate surface area is 110 Å². The first-order valence-electron chi connectivity index (χ1n) is 5.35. The number of hydrogen-bond donors (Lipinski definition) is 2. The van der Waals surface area contributed by atoms with Crippen molar-refractivity contribution in [3.8, 4) is 17.1 Å². The topological polar surface area (TPSA) is 92.3 Å². The van der Waals surface area contributed by atoms with Gasteiger partial charge >= 0.3 is 12.6 Å². The van der Waals surface area contributed by atoms with Crippen molar-refractivity contribution in [2.75, 3.05) is 0 Å². The van der Waals surface area contributed by atoms with Gasteiger partial charge in [-0.3, -0.25) is 4.79 Å². The van der Waals surface area contributed by atoms with E-state index < -0.39 is 23.8 Å². The van der Waals surface area contributed by atoms with E-state index in [0.29, 0.717) is 5.56 Å². The number of aromatic amines is 1. The second kappa shape index (κ2) is 5.47. The molecule has 0 saturated heterocycles. The zero-order valence-corrected chi connectivity index (χ0v) is 9.84. The number of carboxylic acids is 1. The summed E-state index contributed by atoms with van der Waals surface area (Å²) in [4.78, 5) is 28.2. The molecule has 0 fully saturated rings. The Balaban J connectivity index is 2.36. The van der Waals surface area contributed by atoms with Crippen molar-refractivity contribution in [2.45, 2.75) is 6.61 Å². The Morgan fingerprint density at radius 3 is 2.50 bits per heavy atom. The Morgan fingerprint density at radius 1 is 1.30 bits per heavy atom. The third-order valence-corrected chi connectivity index (χ3v) is 2.31. The number of alkyl halides is 2. The molecular weight excluding hydrogens is 274 g/mol. The molecule has 1 heterocycles. The Kier molecular flexibility index (Phi) is 3.74. The summed E-state index contributed by atoms with van der Waals surface area (Å²) in [5.74, 6) is -1.37. The molecule has 2 N–H and O–H groups in total. The Hall–Kier alpha value is -2.77. The highest BCUT2D eigenvalue weighted by Crippen LogP contribution is 2.20. The van der Waals surface area contributed by atoms with Crippen LogP contribution in [-0.4, -0.2) is 27.7 Å². The van der Waals surface area contributed by atoms with E-state index in [1.54, 1.807) is 0 Å². The summed E-state index contributed by atoms with van der Waals surface area (Å²) in [6.07, 6.45) is 0. The number of carbonyl (C=O) groups is 1. The molecule has 0 atom stereocenters. The molecule has 0 aliphatic carbocycles. The van der Waals surface area contributed by atoms with Crippen LogP contribution < -0.4 is 10.3 Å². The van der Waals surface area contributed by atoms with E-state index in [9.17, 15) is 18.4 Å². The van der Waals surface area contributed by atoms with E-state index >= 15 is 0 Å². The molecule has 0 amide bonds. The minimum absolute atomic E-state index is 0.0264. The van der Waals surface area contributed by atoms with Crippen LogP contribution in [0.1, 0.15) is 10.5 Å². The Morgan fingerprint density at radius 2 is 1.95 bits per heavy atom. The fraction of sp³-hybridized carbons (Fsp3) is 0.0833. The lowest BCUT2D eigenvalue weighted by molar-refractivity contribution is -0.0498. The monoisotopic (exact) mass is 282 g/mol. The SMILES string of the molecule is O=C(O)c1cc(=O)[nH]c(-c2ccc(OC(F)F)cc2)n1. The molecule has 2 rings (SSSR count). The van der Waals surface area contributed by atoms with Crippen molar-refractivity contribution in [3.05, 3.63) is 46.4 Å². The summed E-state index contributed by atoms with van der Waals surface area (Å²) in [5.41, 5.74) is -0.663. The maximum absolute atomic E-state index is 12.0. The molecule has 0 unspecified atom stereocenters. The van der Waals surface area contributed by atoms with Crippen LogP contribution >= 0.6 is 0 Å². The van der Waals surface area contributed by atoms with Crippen LogP contribution in [0.4, 0.5) is 8.78 Å². The molecule has 0 radical (unpaired) electrons. The quantitative estimate of drug-likeness (QED) is 0.891. The maximum atomic E-state index is 12.0. The van der Waals surface area contributed by atoms with Crippen molar-refractivity contribution in [1.29, 1.82) is 0 Å². The number of carboxylic acid groups (broad SMARTS) is 1. The van der Waals surface area contributed by atoms with Crippen molar-refractivity contribution in [3.63, 3.8) is 0 Å². The zero-order chi connectivity index (χ0) is 14.7. The third-order valence-electron chi connectivity index (χ3n) is 2.31. The minimum atomic E-state index is -2.94. The van der Waals surface area contributed by atoms with Crippen molar-refractivity contribution in [2.24, 2.45) is 0 Å². The molecule has 6 nitrogen and oxygen atoms in total. The number of benzene rings is 1. The summed E-state index contributed by atoms with van der Waals surface area (Å²) in [5, 5.41) is 8.81. The molecule has 2 aromatic rings. The van der Waals surface area contributed by atoms with Crippen LogP contribution in [0.15, 0.2) is 35.1 Å². The van der Waals surface area contributed by atoms with Crippen LogP contribution in [0, 0.1) is 0 Å². The fourth-order valence-corrected chi connectivity index (χ4v) is 1.50. The fourth-order valence-electron chi connectivity index (χ4n) is 1.50. The van der Waals surface area contributed by atoms with Crippen molar-refractivity contribution in [1.82, 2.24) is 9.97 Å². The van der Waals surface area contributed by atoms with E-state index in [1.807, 2.05) is 0 Å². The minimum Gasteiger partial charge on any atom is -0.477 e. The third kappa shape index (κ3) is 3.16. The lowest BCUT2D eigenvalue weighted by atomic mass is 10.2. The van der Waals surface area contributed by atoms with Gasteiger partial charge in [-0.25, -0.2) is 9.78 Å². The molecule has 0 aliphatic rings. The van der Waals surface area contributed by atoms with Gasteiger partial charge in [0, 0.05) is 11.6 Å².